The largest absolute Gasteiger partial charge is 0.432 e. The number of thiophene rings is 1. The van der Waals surface area contributed by atoms with Crippen molar-refractivity contribution in [1.82, 2.24) is 15.1 Å². The van der Waals surface area contributed by atoms with Gasteiger partial charge in [-0.2, -0.15) is 28.8 Å². The third-order valence-electron chi connectivity index (χ3n) is 5.90. The van der Waals surface area contributed by atoms with Gasteiger partial charge in [0.2, 0.25) is 0 Å². The zero-order valence-electron chi connectivity index (χ0n) is 18.9. The fraction of sp³-hybridized carbons (Fsp3) is 0.304. The number of halogens is 8. The molecule has 1 atom stereocenters. The molecule has 38 heavy (non-hydrogen) atoms. The summed E-state index contributed by atoms with van der Waals surface area (Å²) < 4.78 is 83.6. The van der Waals surface area contributed by atoms with Gasteiger partial charge in [0.1, 0.15) is 22.2 Å². The number of carbonyl (C=O) groups excluding carboxylic acids is 1. The summed E-state index contributed by atoms with van der Waals surface area (Å²) in [7, 11) is 0. The lowest BCUT2D eigenvalue weighted by molar-refractivity contribution is -0.304. The minimum Gasteiger partial charge on any atom is -0.334 e. The lowest BCUT2D eigenvalue weighted by Gasteiger charge is -2.33. The summed E-state index contributed by atoms with van der Waals surface area (Å²) in [6, 6.07) is 6.13. The topological polar surface area (TPSA) is 94.5 Å². The Labute approximate surface area is 225 Å². The van der Waals surface area contributed by atoms with Crippen molar-refractivity contribution in [3.8, 4) is 28.3 Å². The van der Waals surface area contributed by atoms with Crippen LogP contribution in [0.25, 0.3) is 16.1 Å². The van der Waals surface area contributed by atoms with Gasteiger partial charge in [-0.25, -0.2) is 17.9 Å². The number of hydrogen-bond acceptors (Lipinski definition) is 5. The number of alkyl halides is 6. The standard InChI is InChI=1S/C23H13Cl2F6N5OS/c1-20(26,27)22(28,23(29,30)31)12-4-14(24)18(15(25)5-12)36-9-11(8-34-36)16-6-13(17(7-32)38-16)19(37)35-21(10-33)2-3-21/h4-6,8-9H,2-3H2,1H3,(H,35,37). The van der Waals surface area contributed by atoms with Gasteiger partial charge in [0.15, 0.2) is 0 Å². The Morgan fingerprint density at radius 3 is 2.21 bits per heavy atom. The molecule has 1 aliphatic carbocycles. The molecule has 0 aliphatic heterocycles. The zero-order chi connectivity index (χ0) is 28.3. The minimum atomic E-state index is -5.98. The van der Waals surface area contributed by atoms with Crippen molar-refractivity contribution in [3.05, 3.63) is 56.6 Å². The van der Waals surface area contributed by atoms with Crippen LogP contribution >= 0.6 is 34.5 Å². The Balaban J connectivity index is 1.70. The van der Waals surface area contributed by atoms with E-state index in [0.717, 1.165) is 16.0 Å². The highest BCUT2D eigenvalue weighted by Crippen LogP contribution is 2.53. The number of nitrogens with one attached hydrogen (secondary N) is 1. The number of rotatable bonds is 6. The van der Waals surface area contributed by atoms with Gasteiger partial charge < -0.3 is 5.32 Å². The molecule has 198 valence electrons. The Morgan fingerprint density at radius 1 is 1.13 bits per heavy atom. The van der Waals surface area contributed by atoms with E-state index in [-0.39, 0.29) is 23.1 Å². The highest BCUT2D eigenvalue weighted by molar-refractivity contribution is 7.16. The SMILES string of the molecule is CC(F)(F)C(F)(c1cc(Cl)c(-n2cc(-c3cc(C(=O)NC4(C#N)CC4)c(C#N)s3)cn2)c(Cl)c1)C(F)(F)F. The van der Waals surface area contributed by atoms with Crippen LogP contribution < -0.4 is 5.32 Å². The number of amides is 1. The molecule has 1 aromatic carbocycles. The van der Waals surface area contributed by atoms with Gasteiger partial charge in [-0.05, 0) is 31.0 Å². The van der Waals surface area contributed by atoms with Crippen LogP contribution in [0.2, 0.25) is 10.0 Å². The number of hydrogen-bond donors (Lipinski definition) is 1. The van der Waals surface area contributed by atoms with Crippen LogP contribution in [0.5, 0.6) is 0 Å². The van der Waals surface area contributed by atoms with E-state index in [1.807, 2.05) is 12.1 Å². The molecule has 6 nitrogen and oxygen atoms in total. The molecule has 2 aromatic heterocycles. The minimum absolute atomic E-state index is 0.0362. The second kappa shape index (κ2) is 9.19. The average Bonchev–Trinajstić information content (AvgIpc) is 3.22. The van der Waals surface area contributed by atoms with Gasteiger partial charge in [0.05, 0.1) is 27.9 Å². The van der Waals surface area contributed by atoms with Crippen molar-refractivity contribution in [2.75, 3.05) is 0 Å². The predicted octanol–water partition coefficient (Wildman–Crippen LogP) is 6.95. The Hall–Kier alpha value is -3.26. The smallest absolute Gasteiger partial charge is 0.334 e. The fourth-order valence-electron chi connectivity index (χ4n) is 3.68. The third-order valence-corrected chi connectivity index (χ3v) is 7.57. The monoisotopic (exact) mass is 591 g/mol. The van der Waals surface area contributed by atoms with Crippen LogP contribution in [0.1, 0.15) is 40.6 Å². The van der Waals surface area contributed by atoms with Crippen molar-refractivity contribution in [1.29, 1.82) is 10.5 Å². The summed E-state index contributed by atoms with van der Waals surface area (Å²) in [4.78, 5) is 13.1. The predicted molar refractivity (Wildman–Crippen MR) is 126 cm³/mol. The third kappa shape index (κ3) is 4.59. The van der Waals surface area contributed by atoms with Gasteiger partial charge in [0.25, 0.3) is 17.5 Å². The van der Waals surface area contributed by atoms with E-state index in [9.17, 15) is 41.7 Å². The van der Waals surface area contributed by atoms with Gasteiger partial charge in [-0.3, -0.25) is 4.79 Å². The quantitative estimate of drug-likeness (QED) is 0.314. The lowest BCUT2D eigenvalue weighted by Crippen LogP contribution is -2.51. The van der Waals surface area contributed by atoms with Gasteiger partial charge in [-0.15, -0.1) is 11.3 Å². The molecule has 4 rings (SSSR count). The summed E-state index contributed by atoms with van der Waals surface area (Å²) in [6.45, 7) is -0.203. The summed E-state index contributed by atoms with van der Waals surface area (Å²) in [5.41, 5.74) is -7.34. The van der Waals surface area contributed by atoms with Crippen LogP contribution in [0.3, 0.4) is 0 Å². The molecule has 0 radical (unpaired) electrons. The summed E-state index contributed by atoms with van der Waals surface area (Å²) in [6.07, 6.45) is -2.40. The van der Waals surface area contributed by atoms with Crippen LogP contribution in [-0.2, 0) is 5.67 Å². The van der Waals surface area contributed by atoms with E-state index in [1.165, 1.54) is 18.5 Å². The molecule has 3 aromatic rings. The van der Waals surface area contributed by atoms with Gasteiger partial charge in [0, 0.05) is 29.1 Å². The molecule has 1 amide bonds. The van der Waals surface area contributed by atoms with E-state index in [2.05, 4.69) is 10.4 Å². The first-order valence-electron chi connectivity index (χ1n) is 10.5. The maximum absolute atomic E-state index is 14.8. The molecule has 0 spiro atoms. The van der Waals surface area contributed by atoms with E-state index in [4.69, 9.17) is 23.2 Å². The van der Waals surface area contributed by atoms with E-state index in [0.29, 0.717) is 35.4 Å². The molecule has 0 saturated heterocycles. The summed E-state index contributed by atoms with van der Waals surface area (Å²) in [5.74, 6) is -5.46. The maximum atomic E-state index is 14.8. The molecule has 1 fully saturated rings. The second-order valence-corrected chi connectivity index (χ2v) is 10.5. The number of carbonyl (C=O) groups is 1. The number of benzene rings is 1. The zero-order valence-corrected chi connectivity index (χ0v) is 21.3. The Bertz CT molecular complexity index is 1490. The first-order chi connectivity index (χ1) is 17.6. The van der Waals surface area contributed by atoms with E-state index in [1.54, 1.807) is 0 Å². The lowest BCUT2D eigenvalue weighted by atomic mass is 9.89. The van der Waals surface area contributed by atoms with Crippen molar-refractivity contribution < 1.29 is 31.1 Å². The van der Waals surface area contributed by atoms with E-state index < -0.39 is 44.8 Å². The fourth-order valence-corrected chi connectivity index (χ4v) is 5.27. The second-order valence-electron chi connectivity index (χ2n) is 8.62. The molecule has 1 saturated carbocycles. The first kappa shape index (κ1) is 27.8. The highest BCUT2D eigenvalue weighted by Gasteiger charge is 2.70. The van der Waals surface area contributed by atoms with Crippen LogP contribution in [-0.4, -0.2) is 33.3 Å². The van der Waals surface area contributed by atoms with Crippen LogP contribution in [0.15, 0.2) is 30.6 Å². The van der Waals surface area contributed by atoms with Crippen molar-refractivity contribution >= 4 is 40.4 Å². The van der Waals surface area contributed by atoms with Crippen molar-refractivity contribution in [3.63, 3.8) is 0 Å². The van der Waals surface area contributed by atoms with Crippen LogP contribution in [0.4, 0.5) is 26.3 Å². The van der Waals surface area contributed by atoms with Gasteiger partial charge in [-0.1, -0.05) is 23.2 Å². The molecular formula is C23H13Cl2F6N5OS. The number of nitriles is 2. The first-order valence-corrected chi connectivity index (χ1v) is 12.1. The Kier molecular flexibility index (Phi) is 6.71. The summed E-state index contributed by atoms with van der Waals surface area (Å²) >= 11 is 13.1. The van der Waals surface area contributed by atoms with Gasteiger partial charge >= 0.3 is 6.18 Å². The van der Waals surface area contributed by atoms with Crippen molar-refractivity contribution in [2.45, 2.75) is 43.1 Å². The maximum Gasteiger partial charge on any atom is 0.432 e. The van der Waals surface area contributed by atoms with E-state index >= 15 is 0 Å². The number of aromatic nitrogens is 2. The molecule has 1 N–H and O–H groups in total. The highest BCUT2D eigenvalue weighted by atomic mass is 35.5. The molecular weight excluding hydrogens is 579 g/mol. The molecule has 2 heterocycles. The molecule has 1 unspecified atom stereocenters. The number of nitrogens with zero attached hydrogens (tertiary/aromatic N) is 4. The Morgan fingerprint density at radius 2 is 1.74 bits per heavy atom. The van der Waals surface area contributed by atoms with Crippen molar-refractivity contribution in [2.24, 2.45) is 0 Å². The normalized spacial score (nSPS) is 16.3. The average molecular weight is 592 g/mol. The molecule has 15 heteroatoms. The molecule has 1 aliphatic rings. The molecule has 0 bridgehead atoms. The summed E-state index contributed by atoms with van der Waals surface area (Å²) in [5, 5.41) is 24.1. The van der Waals surface area contributed by atoms with Crippen LogP contribution in [0, 0.1) is 22.7 Å².